The Hall–Kier alpha value is -2.39. The highest BCUT2D eigenvalue weighted by Gasteiger charge is 2.50. The molecular formula is C16H19N2O7+. The second-order valence-corrected chi connectivity index (χ2v) is 6.75. The molecule has 2 fully saturated rings. The van der Waals surface area contributed by atoms with E-state index in [1.807, 2.05) is 0 Å². The number of aliphatic hydroxyl groups is 1. The van der Waals surface area contributed by atoms with Crippen LogP contribution in [0.3, 0.4) is 0 Å². The van der Waals surface area contributed by atoms with Crippen LogP contribution < -0.4 is 0 Å². The summed E-state index contributed by atoms with van der Waals surface area (Å²) in [5.41, 5.74) is 0. The highest BCUT2D eigenvalue weighted by atomic mass is 16.7. The summed E-state index contributed by atoms with van der Waals surface area (Å²) in [5, 5.41) is 9.64. The molecule has 2 aliphatic heterocycles. The van der Waals surface area contributed by atoms with Gasteiger partial charge in [0.2, 0.25) is 0 Å². The summed E-state index contributed by atoms with van der Waals surface area (Å²) in [7, 11) is 1.58. The van der Waals surface area contributed by atoms with Gasteiger partial charge in [0.15, 0.2) is 0 Å². The fraction of sp³-hybridized carbons (Fsp3) is 0.562. The van der Waals surface area contributed by atoms with Crippen LogP contribution in [-0.2, 0) is 28.8 Å². The fourth-order valence-corrected chi connectivity index (χ4v) is 3.60. The zero-order valence-electron chi connectivity index (χ0n) is 13.7. The van der Waals surface area contributed by atoms with Crippen molar-refractivity contribution in [1.29, 1.82) is 0 Å². The van der Waals surface area contributed by atoms with Crippen molar-refractivity contribution in [3.63, 3.8) is 0 Å². The third-order valence-electron chi connectivity index (χ3n) is 5.31. The number of hydroxylamine groups is 2. The minimum atomic E-state index is -1.47. The molecule has 1 saturated heterocycles. The molecule has 1 N–H and O–H groups in total. The fourth-order valence-electron chi connectivity index (χ4n) is 3.60. The topological polar surface area (TPSA) is 118 Å². The van der Waals surface area contributed by atoms with E-state index in [-0.39, 0.29) is 22.3 Å². The molecule has 0 aromatic carbocycles. The Balaban J connectivity index is 1.58. The molecule has 9 nitrogen and oxygen atoms in total. The first kappa shape index (κ1) is 17.4. The van der Waals surface area contributed by atoms with Crippen LogP contribution in [0.25, 0.3) is 0 Å². The van der Waals surface area contributed by atoms with Gasteiger partial charge in [-0.05, 0) is 12.8 Å². The van der Waals surface area contributed by atoms with E-state index >= 15 is 0 Å². The predicted molar refractivity (Wildman–Crippen MR) is 79.7 cm³/mol. The van der Waals surface area contributed by atoms with Gasteiger partial charge in [-0.2, -0.15) is 4.48 Å². The number of rotatable bonds is 3. The molecule has 25 heavy (non-hydrogen) atoms. The number of carbonyl (C=O) groups is 5. The summed E-state index contributed by atoms with van der Waals surface area (Å²) in [6, 6.07) is -0.212. The normalized spacial score (nSPS) is 31.8. The number of hydrogen-bond acceptors (Lipinski definition) is 7. The maximum absolute atomic E-state index is 12.2. The van der Waals surface area contributed by atoms with Crippen molar-refractivity contribution in [2.24, 2.45) is 5.92 Å². The number of aliphatic hydroxyl groups excluding tert-OH is 1. The Kier molecular flexibility index (Phi) is 4.29. The first-order chi connectivity index (χ1) is 11.7. The Morgan fingerprint density at radius 3 is 2.16 bits per heavy atom. The van der Waals surface area contributed by atoms with E-state index in [9.17, 15) is 29.1 Å². The molecule has 4 amide bonds. The van der Waals surface area contributed by atoms with Crippen molar-refractivity contribution in [2.45, 2.75) is 44.2 Å². The van der Waals surface area contributed by atoms with Crippen LogP contribution in [0.1, 0.15) is 32.1 Å². The van der Waals surface area contributed by atoms with Crippen molar-refractivity contribution < 1.29 is 38.4 Å². The molecule has 1 saturated carbocycles. The van der Waals surface area contributed by atoms with Gasteiger partial charge in [-0.25, -0.2) is 14.4 Å². The van der Waals surface area contributed by atoms with Gasteiger partial charge in [0.25, 0.3) is 11.8 Å². The molecule has 2 heterocycles. The maximum Gasteiger partial charge on any atom is 0.346 e. The van der Waals surface area contributed by atoms with Crippen LogP contribution in [-0.4, -0.2) is 63.4 Å². The number of imide groups is 2. The first-order valence-electron chi connectivity index (χ1n) is 8.15. The largest absolute Gasteiger partial charge is 0.383 e. The summed E-state index contributed by atoms with van der Waals surface area (Å²) < 4.78 is -0.308. The van der Waals surface area contributed by atoms with E-state index in [0.29, 0.717) is 30.7 Å². The molecule has 0 aromatic rings. The van der Waals surface area contributed by atoms with Crippen LogP contribution in [0, 0.1) is 5.92 Å². The number of carbonyl (C=O) groups excluding carboxylic acids is 5. The van der Waals surface area contributed by atoms with Crippen molar-refractivity contribution in [3.8, 4) is 0 Å². The van der Waals surface area contributed by atoms with E-state index in [2.05, 4.69) is 0 Å². The predicted octanol–water partition coefficient (Wildman–Crippen LogP) is -0.807. The Morgan fingerprint density at radius 2 is 1.68 bits per heavy atom. The summed E-state index contributed by atoms with van der Waals surface area (Å²) >= 11 is 0. The SMILES string of the molecule is C[N+]1(C2CCC(C(=O)ON3C(=O)CC(O)C3=O)CC2)C(=O)C=CC1=O. The second-order valence-electron chi connectivity index (χ2n) is 6.75. The minimum Gasteiger partial charge on any atom is -0.383 e. The zero-order valence-corrected chi connectivity index (χ0v) is 13.7. The van der Waals surface area contributed by atoms with Crippen molar-refractivity contribution >= 4 is 29.6 Å². The van der Waals surface area contributed by atoms with Gasteiger partial charge in [0.1, 0.15) is 12.1 Å². The number of amides is 4. The van der Waals surface area contributed by atoms with E-state index in [4.69, 9.17) is 4.84 Å². The van der Waals surface area contributed by atoms with Crippen molar-refractivity contribution in [3.05, 3.63) is 12.2 Å². The number of nitrogens with zero attached hydrogens (tertiary/aromatic N) is 2. The van der Waals surface area contributed by atoms with E-state index < -0.39 is 36.2 Å². The van der Waals surface area contributed by atoms with Gasteiger partial charge >= 0.3 is 17.8 Å². The molecule has 0 radical (unpaired) electrons. The van der Waals surface area contributed by atoms with E-state index in [0.717, 1.165) is 0 Å². The van der Waals surface area contributed by atoms with Crippen LogP contribution in [0.2, 0.25) is 0 Å². The van der Waals surface area contributed by atoms with Crippen LogP contribution in [0.4, 0.5) is 0 Å². The molecule has 0 spiro atoms. The number of likely N-dealkylation sites (N-methyl/N-ethyl adjacent to an activating group) is 1. The highest BCUT2D eigenvalue weighted by Crippen LogP contribution is 2.34. The number of hydrogen-bond donors (Lipinski definition) is 1. The molecule has 0 bridgehead atoms. The average molecular weight is 351 g/mol. The number of quaternary nitrogens is 1. The summed E-state index contributed by atoms with van der Waals surface area (Å²) in [5.74, 6) is -3.46. The molecule has 1 aliphatic carbocycles. The summed E-state index contributed by atoms with van der Waals surface area (Å²) in [6.45, 7) is 0. The molecule has 1 atom stereocenters. The molecule has 9 heteroatoms. The van der Waals surface area contributed by atoms with Crippen molar-refractivity contribution in [1.82, 2.24) is 5.06 Å². The van der Waals surface area contributed by atoms with Gasteiger partial charge in [-0.1, -0.05) is 5.06 Å². The van der Waals surface area contributed by atoms with Crippen LogP contribution in [0.15, 0.2) is 12.2 Å². The van der Waals surface area contributed by atoms with Gasteiger partial charge in [0.05, 0.1) is 31.5 Å². The van der Waals surface area contributed by atoms with Gasteiger partial charge in [-0.3, -0.25) is 9.59 Å². The Labute approximate surface area is 143 Å². The van der Waals surface area contributed by atoms with Crippen molar-refractivity contribution in [2.75, 3.05) is 7.05 Å². The average Bonchev–Trinajstić information content (AvgIpc) is 2.99. The lowest BCUT2D eigenvalue weighted by molar-refractivity contribution is -0.780. The highest BCUT2D eigenvalue weighted by molar-refractivity contribution is 6.05. The Bertz CT molecular complexity index is 673. The molecule has 1 unspecified atom stereocenters. The zero-order chi connectivity index (χ0) is 18.4. The standard InChI is InChI=1S/C16H19N2O7/c1-18(13(21)6-7-14(18)22)10-4-2-9(3-5-10)16(24)25-17-12(20)8-11(19)15(17)23/h6-7,9-11,19H,2-5,8H2,1H3/q+1. The lowest BCUT2D eigenvalue weighted by Gasteiger charge is -2.36. The van der Waals surface area contributed by atoms with Gasteiger partial charge in [-0.15, -0.1) is 0 Å². The molecule has 134 valence electrons. The third-order valence-corrected chi connectivity index (χ3v) is 5.31. The Morgan fingerprint density at radius 1 is 1.12 bits per heavy atom. The van der Waals surface area contributed by atoms with Gasteiger partial charge in [0, 0.05) is 12.8 Å². The van der Waals surface area contributed by atoms with Crippen LogP contribution >= 0.6 is 0 Å². The maximum atomic E-state index is 12.2. The lowest BCUT2D eigenvalue weighted by atomic mass is 9.84. The molecule has 0 aromatic heterocycles. The third kappa shape index (κ3) is 2.79. The van der Waals surface area contributed by atoms with Crippen LogP contribution in [0.5, 0.6) is 0 Å². The molecule has 3 aliphatic rings. The molecule has 3 rings (SSSR count). The smallest absolute Gasteiger partial charge is 0.346 e. The minimum absolute atomic E-state index is 0.212. The summed E-state index contributed by atoms with van der Waals surface area (Å²) in [4.78, 5) is 64.2. The van der Waals surface area contributed by atoms with E-state index in [1.165, 1.54) is 12.2 Å². The quantitative estimate of drug-likeness (QED) is 0.522. The first-order valence-corrected chi connectivity index (χ1v) is 8.15. The van der Waals surface area contributed by atoms with Gasteiger partial charge < -0.3 is 9.94 Å². The lowest BCUT2D eigenvalue weighted by Crippen LogP contribution is -2.57. The molecular weight excluding hydrogens is 332 g/mol. The van der Waals surface area contributed by atoms with E-state index in [1.54, 1.807) is 7.05 Å². The second kappa shape index (κ2) is 6.16. The monoisotopic (exact) mass is 351 g/mol. The summed E-state index contributed by atoms with van der Waals surface area (Å²) in [6.07, 6.45) is 2.40.